The summed E-state index contributed by atoms with van der Waals surface area (Å²) in [6.45, 7) is 4.23. The van der Waals surface area contributed by atoms with E-state index in [9.17, 15) is 9.90 Å². The number of thiophene rings is 1. The number of hydrogen-bond donors (Lipinski definition) is 1. The average Bonchev–Trinajstić information content (AvgIpc) is 3.20. The fraction of sp³-hybridized carbons (Fsp3) is 0.333. The Hall–Kier alpha value is -2.18. The lowest BCUT2D eigenvalue weighted by Gasteiger charge is -2.12. The number of hydrogen-bond acceptors (Lipinski definition) is 5. The summed E-state index contributed by atoms with van der Waals surface area (Å²) >= 11 is 1.56. The molecular formula is C18H20N2O3S. The third-order valence-electron chi connectivity index (χ3n) is 4.02. The maximum Gasteiger partial charge on any atom is 0.182 e. The summed E-state index contributed by atoms with van der Waals surface area (Å²) in [5.41, 5.74) is 2.88. The molecule has 24 heavy (non-hydrogen) atoms. The molecule has 0 saturated carbocycles. The van der Waals surface area contributed by atoms with Gasteiger partial charge in [0.05, 0.1) is 18.9 Å². The van der Waals surface area contributed by atoms with E-state index < -0.39 is 0 Å². The smallest absolute Gasteiger partial charge is 0.182 e. The lowest BCUT2D eigenvalue weighted by molar-refractivity contribution is 0.0953. The minimum Gasteiger partial charge on any atom is -0.490 e. The molecule has 5 nitrogen and oxygen atoms in total. The molecular weight excluding hydrogens is 324 g/mol. The SMILES string of the molecule is CCOc1cccn2c(C(=O)C[C@@H](CO)c3ccsc3)c(C)nc12. The van der Waals surface area contributed by atoms with E-state index in [0.29, 0.717) is 29.4 Å². The molecule has 0 aliphatic carbocycles. The van der Waals surface area contributed by atoms with E-state index in [2.05, 4.69) is 4.98 Å². The molecule has 6 heteroatoms. The summed E-state index contributed by atoms with van der Waals surface area (Å²) in [7, 11) is 0. The third-order valence-corrected chi connectivity index (χ3v) is 4.72. The highest BCUT2D eigenvalue weighted by atomic mass is 32.1. The van der Waals surface area contributed by atoms with E-state index in [0.717, 1.165) is 5.56 Å². The highest BCUT2D eigenvalue weighted by Gasteiger charge is 2.23. The first-order valence-electron chi connectivity index (χ1n) is 7.92. The number of imidazole rings is 1. The fourth-order valence-electron chi connectivity index (χ4n) is 2.88. The quantitative estimate of drug-likeness (QED) is 0.667. The highest BCUT2D eigenvalue weighted by Crippen LogP contribution is 2.27. The monoisotopic (exact) mass is 344 g/mol. The Balaban J connectivity index is 1.95. The summed E-state index contributed by atoms with van der Waals surface area (Å²) in [4.78, 5) is 17.4. The summed E-state index contributed by atoms with van der Waals surface area (Å²) in [6.07, 6.45) is 2.07. The number of pyridine rings is 1. The molecule has 0 amide bonds. The van der Waals surface area contributed by atoms with Crippen LogP contribution in [0.2, 0.25) is 0 Å². The van der Waals surface area contributed by atoms with E-state index in [-0.39, 0.29) is 24.7 Å². The van der Waals surface area contributed by atoms with Gasteiger partial charge in [-0.15, -0.1) is 0 Å². The number of aliphatic hydroxyl groups excluding tert-OH is 1. The van der Waals surface area contributed by atoms with Crippen LogP contribution in [0.15, 0.2) is 35.2 Å². The molecule has 0 bridgehead atoms. The van der Waals surface area contributed by atoms with Crippen LogP contribution in [0.25, 0.3) is 5.65 Å². The van der Waals surface area contributed by atoms with Crippen molar-refractivity contribution in [1.29, 1.82) is 0 Å². The van der Waals surface area contributed by atoms with Crippen LogP contribution in [-0.2, 0) is 0 Å². The minimum atomic E-state index is -0.191. The van der Waals surface area contributed by atoms with Crippen LogP contribution < -0.4 is 4.74 Å². The van der Waals surface area contributed by atoms with E-state index in [1.165, 1.54) is 0 Å². The second-order valence-electron chi connectivity index (χ2n) is 5.61. The molecule has 0 aromatic carbocycles. The molecule has 3 heterocycles. The number of carbonyl (C=O) groups excluding carboxylic acids is 1. The van der Waals surface area contributed by atoms with Crippen molar-refractivity contribution in [3.05, 3.63) is 52.1 Å². The normalized spacial score (nSPS) is 12.5. The molecule has 1 atom stereocenters. The molecule has 0 fully saturated rings. The second-order valence-corrected chi connectivity index (χ2v) is 6.39. The van der Waals surface area contributed by atoms with Gasteiger partial charge in [0.1, 0.15) is 5.69 Å². The maximum absolute atomic E-state index is 12.9. The van der Waals surface area contributed by atoms with Gasteiger partial charge in [0.25, 0.3) is 0 Å². The summed E-state index contributed by atoms with van der Waals surface area (Å²) in [5, 5.41) is 13.6. The predicted octanol–water partition coefficient (Wildman–Crippen LogP) is 3.45. The Labute approximate surface area is 144 Å². The molecule has 3 aromatic rings. The summed E-state index contributed by atoms with van der Waals surface area (Å²) in [6, 6.07) is 5.65. The van der Waals surface area contributed by atoms with Crippen LogP contribution in [0.3, 0.4) is 0 Å². The van der Waals surface area contributed by atoms with Crippen LogP contribution in [0.1, 0.15) is 41.0 Å². The van der Waals surface area contributed by atoms with Crippen molar-refractivity contribution >= 4 is 22.8 Å². The van der Waals surface area contributed by atoms with Crippen molar-refractivity contribution < 1.29 is 14.6 Å². The van der Waals surface area contributed by atoms with E-state index in [4.69, 9.17) is 4.74 Å². The molecule has 1 N–H and O–H groups in total. The second kappa shape index (κ2) is 7.15. The number of Topliss-reactive ketones (excluding diaryl/α,β-unsaturated/α-hetero) is 1. The standard InChI is InChI=1S/C18H20N2O3S/c1-3-23-16-5-4-7-20-17(12(2)19-18(16)20)15(22)9-14(10-21)13-6-8-24-11-13/h4-8,11,14,21H,3,9-10H2,1-2H3/t14-/m0/s1. The van der Waals surface area contributed by atoms with Crippen LogP contribution in [-0.4, -0.2) is 33.5 Å². The Morgan fingerprint density at radius 3 is 2.96 bits per heavy atom. The van der Waals surface area contributed by atoms with Crippen molar-refractivity contribution in [2.45, 2.75) is 26.2 Å². The van der Waals surface area contributed by atoms with E-state index >= 15 is 0 Å². The van der Waals surface area contributed by atoms with Gasteiger partial charge >= 0.3 is 0 Å². The zero-order valence-corrected chi connectivity index (χ0v) is 14.5. The predicted molar refractivity (Wildman–Crippen MR) is 94.2 cm³/mol. The Kier molecular flexibility index (Phi) is 4.97. The first-order valence-corrected chi connectivity index (χ1v) is 8.86. The number of ketones is 1. The highest BCUT2D eigenvalue weighted by molar-refractivity contribution is 7.08. The van der Waals surface area contributed by atoms with Gasteiger partial charge in [-0.1, -0.05) is 0 Å². The molecule has 0 radical (unpaired) electrons. The number of fused-ring (bicyclic) bond motifs is 1. The van der Waals surface area contributed by atoms with Gasteiger partial charge in [-0.25, -0.2) is 4.98 Å². The molecule has 0 unspecified atom stereocenters. The number of aryl methyl sites for hydroxylation is 1. The van der Waals surface area contributed by atoms with Crippen molar-refractivity contribution in [2.24, 2.45) is 0 Å². The molecule has 3 rings (SSSR count). The van der Waals surface area contributed by atoms with Gasteiger partial charge in [-0.3, -0.25) is 9.20 Å². The van der Waals surface area contributed by atoms with Crippen LogP contribution in [0.4, 0.5) is 0 Å². The summed E-state index contributed by atoms with van der Waals surface area (Å²) in [5.74, 6) is 0.446. The van der Waals surface area contributed by atoms with Crippen LogP contribution in [0, 0.1) is 6.92 Å². The van der Waals surface area contributed by atoms with E-state index in [1.807, 2.05) is 49.0 Å². The Morgan fingerprint density at radius 1 is 1.46 bits per heavy atom. The zero-order valence-electron chi connectivity index (χ0n) is 13.7. The topological polar surface area (TPSA) is 63.8 Å². The lowest BCUT2D eigenvalue weighted by atomic mass is 9.95. The first kappa shape index (κ1) is 16.7. The Bertz CT molecular complexity index is 839. The van der Waals surface area contributed by atoms with Crippen LogP contribution in [0.5, 0.6) is 5.75 Å². The van der Waals surface area contributed by atoms with Crippen molar-refractivity contribution in [3.8, 4) is 5.75 Å². The largest absolute Gasteiger partial charge is 0.490 e. The zero-order chi connectivity index (χ0) is 17.1. The molecule has 3 aromatic heterocycles. The lowest BCUT2D eigenvalue weighted by Crippen LogP contribution is -2.13. The minimum absolute atomic E-state index is 0.0288. The average molecular weight is 344 g/mol. The van der Waals surface area contributed by atoms with Gasteiger partial charge in [0.2, 0.25) is 0 Å². The first-order chi connectivity index (χ1) is 11.7. The van der Waals surface area contributed by atoms with Crippen LogP contribution >= 0.6 is 11.3 Å². The van der Waals surface area contributed by atoms with Gasteiger partial charge in [-0.2, -0.15) is 11.3 Å². The molecule has 0 aliphatic heterocycles. The number of aromatic nitrogens is 2. The number of carbonyl (C=O) groups is 1. The third kappa shape index (κ3) is 3.07. The van der Waals surface area contributed by atoms with Gasteiger partial charge in [-0.05, 0) is 48.4 Å². The number of ether oxygens (including phenoxy) is 1. The van der Waals surface area contributed by atoms with Gasteiger partial charge < -0.3 is 9.84 Å². The molecule has 0 saturated heterocycles. The van der Waals surface area contributed by atoms with Crippen molar-refractivity contribution in [1.82, 2.24) is 9.38 Å². The van der Waals surface area contributed by atoms with Gasteiger partial charge in [0.15, 0.2) is 17.2 Å². The number of rotatable bonds is 7. The molecule has 0 aliphatic rings. The van der Waals surface area contributed by atoms with Crippen molar-refractivity contribution in [3.63, 3.8) is 0 Å². The molecule has 0 spiro atoms. The fourth-order valence-corrected chi connectivity index (χ4v) is 3.62. The number of aliphatic hydroxyl groups is 1. The summed E-state index contributed by atoms with van der Waals surface area (Å²) < 4.78 is 7.38. The molecule has 126 valence electrons. The number of nitrogens with zero attached hydrogens (tertiary/aromatic N) is 2. The maximum atomic E-state index is 12.9. The Morgan fingerprint density at radius 2 is 2.29 bits per heavy atom. The van der Waals surface area contributed by atoms with E-state index in [1.54, 1.807) is 15.7 Å². The van der Waals surface area contributed by atoms with Gasteiger partial charge in [0, 0.05) is 18.5 Å². The van der Waals surface area contributed by atoms with Crippen molar-refractivity contribution in [2.75, 3.05) is 13.2 Å².